The van der Waals surface area contributed by atoms with Crippen LogP contribution in [0.25, 0.3) is 0 Å². The number of carbonyl (C=O) groups is 3. The Morgan fingerprint density at radius 1 is 0.973 bits per heavy atom. The van der Waals surface area contributed by atoms with E-state index in [9.17, 15) is 31.6 Å². The van der Waals surface area contributed by atoms with E-state index in [1.807, 2.05) is 13.8 Å². The summed E-state index contributed by atoms with van der Waals surface area (Å²) in [4.78, 5) is 37.5. The molecule has 6 unspecified atom stereocenters. The van der Waals surface area contributed by atoms with E-state index in [1.54, 1.807) is 0 Å². The first-order chi connectivity index (χ1) is 17.0. The van der Waals surface area contributed by atoms with Crippen LogP contribution >= 0.6 is 0 Å². The molecule has 208 valence electrons. The number of ether oxygens (including phenoxy) is 3. The second-order valence-corrected chi connectivity index (χ2v) is 14.1. The highest BCUT2D eigenvalue weighted by Gasteiger charge is 2.63. The second-order valence-electron chi connectivity index (χ2n) is 12.7. The largest absolute Gasteiger partial charge is 0.465 e. The SMILES string of the molecule is CC1CC2CC(CC(C)(OC(=O)COC34CC5CC(C3)CC(OC(=O)C(F)(F)S(=O)(=O)O)(C5)C4)C2)C1=O. The van der Waals surface area contributed by atoms with E-state index in [0.717, 1.165) is 19.3 Å². The van der Waals surface area contributed by atoms with Gasteiger partial charge in [-0.15, -0.1) is 0 Å². The average Bonchev–Trinajstić information content (AvgIpc) is 2.73. The zero-order valence-corrected chi connectivity index (χ0v) is 21.9. The lowest BCUT2D eigenvalue weighted by Crippen LogP contribution is -2.62. The third kappa shape index (κ3) is 4.93. The maximum absolute atomic E-state index is 13.9. The molecule has 0 aromatic heterocycles. The summed E-state index contributed by atoms with van der Waals surface area (Å²) in [7, 11) is -5.98. The summed E-state index contributed by atoms with van der Waals surface area (Å²) >= 11 is 0. The Bertz CT molecular complexity index is 1090. The summed E-state index contributed by atoms with van der Waals surface area (Å²) in [5, 5.41) is -5.07. The summed E-state index contributed by atoms with van der Waals surface area (Å²) in [5.41, 5.74) is -2.99. The van der Waals surface area contributed by atoms with E-state index in [0.29, 0.717) is 44.4 Å². The molecule has 0 aromatic rings. The molecule has 0 amide bonds. The van der Waals surface area contributed by atoms with E-state index in [1.165, 1.54) is 0 Å². The van der Waals surface area contributed by atoms with Gasteiger partial charge in [-0.25, -0.2) is 9.59 Å². The fraction of sp³-hybridized carbons (Fsp3) is 0.880. The molecule has 0 radical (unpaired) electrons. The van der Waals surface area contributed by atoms with Crippen LogP contribution in [0.2, 0.25) is 0 Å². The lowest BCUT2D eigenvalue weighted by molar-refractivity contribution is -0.243. The van der Waals surface area contributed by atoms with Gasteiger partial charge >= 0.3 is 27.3 Å². The molecule has 0 aromatic carbocycles. The average molecular weight is 549 g/mol. The molecule has 1 N–H and O–H groups in total. The Kier molecular flexibility index (Phi) is 6.31. The summed E-state index contributed by atoms with van der Waals surface area (Å²) in [6.45, 7) is 3.44. The van der Waals surface area contributed by atoms with E-state index < -0.39 is 44.1 Å². The minimum absolute atomic E-state index is 0.00710. The molecule has 6 bridgehead atoms. The number of Topliss-reactive ketones (excluding diaryl/α,β-unsaturated/α-hetero) is 1. The molecule has 0 saturated heterocycles. The van der Waals surface area contributed by atoms with Crippen LogP contribution in [0.5, 0.6) is 0 Å². The van der Waals surface area contributed by atoms with Crippen LogP contribution in [0.1, 0.15) is 78.1 Å². The smallest absolute Gasteiger partial charge is 0.458 e. The second kappa shape index (κ2) is 8.67. The minimum atomic E-state index is -5.98. The zero-order valence-electron chi connectivity index (χ0n) is 21.0. The zero-order chi connectivity index (χ0) is 27.0. The monoisotopic (exact) mass is 548 g/mol. The van der Waals surface area contributed by atoms with Crippen molar-refractivity contribution < 1.29 is 50.3 Å². The van der Waals surface area contributed by atoms with Gasteiger partial charge < -0.3 is 14.2 Å². The summed E-state index contributed by atoms with van der Waals surface area (Å²) in [6.07, 6.45) is 5.37. The van der Waals surface area contributed by atoms with Gasteiger partial charge in [-0.3, -0.25) is 9.35 Å². The number of halogens is 2. The van der Waals surface area contributed by atoms with E-state index in [2.05, 4.69) is 0 Å². The van der Waals surface area contributed by atoms with E-state index >= 15 is 0 Å². The maximum Gasteiger partial charge on any atom is 0.465 e. The molecule has 6 saturated carbocycles. The van der Waals surface area contributed by atoms with Gasteiger partial charge in [-0.1, -0.05) is 6.92 Å². The molecule has 0 aliphatic heterocycles. The normalized spacial score (nSPS) is 42.9. The maximum atomic E-state index is 13.9. The molecular weight excluding hydrogens is 514 g/mol. The Morgan fingerprint density at radius 3 is 2.22 bits per heavy atom. The number of rotatable bonds is 7. The van der Waals surface area contributed by atoms with Crippen LogP contribution in [0.3, 0.4) is 0 Å². The number of esters is 2. The van der Waals surface area contributed by atoms with Gasteiger partial charge in [0.05, 0.1) is 5.60 Å². The van der Waals surface area contributed by atoms with Crippen molar-refractivity contribution in [2.24, 2.45) is 29.6 Å². The first-order valence-corrected chi connectivity index (χ1v) is 14.4. The van der Waals surface area contributed by atoms with Gasteiger partial charge in [0.1, 0.15) is 23.6 Å². The Labute approximate surface area is 214 Å². The topological polar surface area (TPSA) is 133 Å². The fourth-order valence-corrected chi connectivity index (χ4v) is 8.80. The van der Waals surface area contributed by atoms with Crippen molar-refractivity contribution in [3.05, 3.63) is 0 Å². The van der Waals surface area contributed by atoms with Gasteiger partial charge in [-0.05, 0) is 82.5 Å². The molecule has 6 atom stereocenters. The standard InChI is InChI=1S/C25H34F2O9S/c1-14-3-15-5-18(20(14)29)11-22(2,6-15)35-19(28)12-34-23-7-16-4-17(8-23)10-24(9-16,13-23)36-21(30)25(26,27)37(31,32)33/h14-18H,3-13H2,1-2H3,(H,31,32,33). The number of carbonyl (C=O) groups excluding carboxylic acids is 3. The highest BCUT2D eigenvalue weighted by atomic mass is 32.2. The van der Waals surface area contributed by atoms with Crippen molar-refractivity contribution in [3.63, 3.8) is 0 Å². The Morgan fingerprint density at radius 2 is 1.59 bits per heavy atom. The van der Waals surface area contributed by atoms with Crippen LogP contribution < -0.4 is 0 Å². The molecule has 0 heterocycles. The van der Waals surface area contributed by atoms with Crippen LogP contribution in [0.4, 0.5) is 8.78 Å². The molecule has 6 aliphatic carbocycles. The molecule has 6 aliphatic rings. The number of hydrogen-bond acceptors (Lipinski definition) is 8. The van der Waals surface area contributed by atoms with Crippen molar-refractivity contribution in [2.75, 3.05) is 6.61 Å². The van der Waals surface area contributed by atoms with Crippen molar-refractivity contribution >= 4 is 27.8 Å². The molecule has 9 nitrogen and oxygen atoms in total. The predicted molar refractivity (Wildman–Crippen MR) is 123 cm³/mol. The van der Waals surface area contributed by atoms with Crippen LogP contribution in [-0.2, 0) is 38.7 Å². The van der Waals surface area contributed by atoms with Crippen LogP contribution in [0.15, 0.2) is 0 Å². The highest BCUT2D eigenvalue weighted by molar-refractivity contribution is 7.87. The summed E-state index contributed by atoms with van der Waals surface area (Å²) in [5.74, 6) is -2.39. The molecule has 37 heavy (non-hydrogen) atoms. The van der Waals surface area contributed by atoms with Crippen molar-refractivity contribution in [3.8, 4) is 0 Å². The first-order valence-electron chi connectivity index (χ1n) is 13.0. The van der Waals surface area contributed by atoms with E-state index in [-0.39, 0.29) is 42.5 Å². The van der Waals surface area contributed by atoms with Gasteiger partial charge in [0, 0.05) is 18.3 Å². The number of ketones is 1. The quantitative estimate of drug-likeness (QED) is 0.375. The fourth-order valence-electron chi connectivity index (χ4n) is 8.54. The van der Waals surface area contributed by atoms with Crippen molar-refractivity contribution in [1.29, 1.82) is 0 Å². The molecule has 6 rings (SSSR count). The van der Waals surface area contributed by atoms with Gasteiger partial charge in [0.25, 0.3) is 0 Å². The number of fused-ring (bicyclic) bond motifs is 2. The molecule has 12 heteroatoms. The lowest BCUT2D eigenvalue weighted by Gasteiger charge is -2.60. The van der Waals surface area contributed by atoms with Gasteiger partial charge in [-0.2, -0.15) is 17.2 Å². The van der Waals surface area contributed by atoms with E-state index in [4.69, 9.17) is 18.8 Å². The summed E-state index contributed by atoms with van der Waals surface area (Å²) in [6, 6.07) is 0. The third-order valence-electron chi connectivity index (χ3n) is 9.27. The molecule has 6 fully saturated rings. The molecule has 0 spiro atoms. The highest BCUT2D eigenvalue weighted by Crippen LogP contribution is 2.60. The summed E-state index contributed by atoms with van der Waals surface area (Å²) < 4.78 is 75.7. The van der Waals surface area contributed by atoms with Crippen molar-refractivity contribution in [1.82, 2.24) is 0 Å². The third-order valence-corrected chi connectivity index (χ3v) is 10.1. The Balaban J connectivity index is 1.23. The first kappa shape index (κ1) is 26.9. The number of alkyl halides is 2. The van der Waals surface area contributed by atoms with Gasteiger partial charge in [0.2, 0.25) is 0 Å². The predicted octanol–water partition coefficient (Wildman–Crippen LogP) is 3.45. The van der Waals surface area contributed by atoms with Crippen LogP contribution in [-0.4, -0.2) is 59.4 Å². The Hall–Kier alpha value is -1.66. The minimum Gasteiger partial charge on any atom is -0.458 e. The van der Waals surface area contributed by atoms with Crippen molar-refractivity contribution in [2.45, 2.75) is 100 Å². The number of hydrogen-bond donors (Lipinski definition) is 1. The van der Waals surface area contributed by atoms with Crippen LogP contribution in [0, 0.1) is 29.6 Å². The van der Waals surface area contributed by atoms with Gasteiger partial charge in [0.15, 0.2) is 0 Å². The molecular formula is C25H34F2O9S. The lowest BCUT2D eigenvalue weighted by atomic mass is 9.52.